The van der Waals surface area contributed by atoms with Crippen molar-refractivity contribution in [1.29, 1.82) is 0 Å². The largest absolute Gasteiger partial charge is 0.492 e. The summed E-state index contributed by atoms with van der Waals surface area (Å²) in [5.41, 5.74) is 2.35. The number of hydrogen-bond acceptors (Lipinski definition) is 3. The Balaban J connectivity index is 1.82. The lowest BCUT2D eigenvalue weighted by atomic mass is 10.2. The van der Waals surface area contributed by atoms with Gasteiger partial charge in [0.05, 0.1) is 6.54 Å². The Labute approximate surface area is 129 Å². The smallest absolute Gasteiger partial charge is 0.251 e. The first kappa shape index (κ1) is 15.3. The van der Waals surface area contributed by atoms with E-state index >= 15 is 0 Å². The van der Waals surface area contributed by atoms with Crippen LogP contribution in [0.5, 0.6) is 5.75 Å². The summed E-state index contributed by atoms with van der Waals surface area (Å²) in [6.45, 7) is 4.63. The molecule has 0 unspecified atom stereocenters. The second kappa shape index (κ2) is 7.09. The average Bonchev–Trinajstić information content (AvgIpc) is 2.42. The summed E-state index contributed by atoms with van der Waals surface area (Å²) in [7, 11) is 0. The van der Waals surface area contributed by atoms with Gasteiger partial charge in [-0.1, -0.05) is 23.7 Å². The van der Waals surface area contributed by atoms with E-state index in [0.717, 1.165) is 11.3 Å². The Morgan fingerprint density at radius 1 is 1.29 bits per heavy atom. The Hall–Kier alpha value is -2.07. The number of amides is 1. The van der Waals surface area contributed by atoms with Gasteiger partial charge in [0.2, 0.25) is 0 Å². The summed E-state index contributed by atoms with van der Waals surface area (Å²) in [5.74, 6) is 0.613. The molecule has 0 aliphatic carbocycles. The van der Waals surface area contributed by atoms with Crippen LogP contribution in [0, 0.1) is 13.8 Å². The second-order valence-corrected chi connectivity index (χ2v) is 5.13. The van der Waals surface area contributed by atoms with Crippen molar-refractivity contribution in [2.75, 3.05) is 13.2 Å². The number of carbonyl (C=O) groups is 1. The van der Waals surface area contributed by atoms with Crippen LogP contribution in [0.25, 0.3) is 0 Å². The number of aromatic nitrogens is 1. The zero-order chi connectivity index (χ0) is 15.2. The molecule has 1 amide bonds. The van der Waals surface area contributed by atoms with Gasteiger partial charge in [0.15, 0.2) is 0 Å². The topological polar surface area (TPSA) is 51.2 Å². The minimum Gasteiger partial charge on any atom is -0.492 e. The van der Waals surface area contributed by atoms with Crippen molar-refractivity contribution >= 4 is 17.5 Å². The maximum atomic E-state index is 12.0. The molecule has 0 aliphatic rings. The number of benzene rings is 1. The number of ether oxygens (including phenoxy) is 1. The third-order valence-electron chi connectivity index (χ3n) is 2.83. The molecule has 0 radical (unpaired) electrons. The Bertz CT molecular complexity index is 624. The van der Waals surface area contributed by atoms with E-state index in [9.17, 15) is 4.79 Å². The fraction of sp³-hybridized carbons (Fsp3) is 0.250. The van der Waals surface area contributed by atoms with E-state index < -0.39 is 0 Å². The molecule has 5 heteroatoms. The molecule has 1 aromatic heterocycles. The highest BCUT2D eigenvalue weighted by Crippen LogP contribution is 2.12. The normalized spacial score (nSPS) is 10.2. The van der Waals surface area contributed by atoms with E-state index in [0.29, 0.717) is 29.6 Å². The van der Waals surface area contributed by atoms with E-state index in [4.69, 9.17) is 16.3 Å². The van der Waals surface area contributed by atoms with Crippen molar-refractivity contribution in [3.8, 4) is 5.75 Å². The predicted octanol–water partition coefficient (Wildman–Crippen LogP) is 3.16. The molecule has 1 N–H and O–H groups in total. The average molecular weight is 305 g/mol. The van der Waals surface area contributed by atoms with Crippen LogP contribution in [0.2, 0.25) is 5.15 Å². The molecule has 0 fully saturated rings. The summed E-state index contributed by atoms with van der Waals surface area (Å²) in [6, 6.07) is 11.0. The first-order chi connectivity index (χ1) is 10.0. The van der Waals surface area contributed by atoms with Crippen molar-refractivity contribution < 1.29 is 9.53 Å². The monoisotopic (exact) mass is 304 g/mol. The van der Waals surface area contributed by atoms with E-state index in [1.165, 1.54) is 0 Å². The van der Waals surface area contributed by atoms with Gasteiger partial charge in [-0.25, -0.2) is 4.98 Å². The number of hydrogen-bond donors (Lipinski definition) is 1. The summed E-state index contributed by atoms with van der Waals surface area (Å²) >= 11 is 5.83. The number of carbonyl (C=O) groups excluding carboxylic acids is 1. The maximum Gasteiger partial charge on any atom is 0.251 e. The fourth-order valence-electron chi connectivity index (χ4n) is 1.90. The minimum absolute atomic E-state index is 0.185. The highest BCUT2D eigenvalue weighted by atomic mass is 35.5. The first-order valence-corrected chi connectivity index (χ1v) is 7.04. The molecular formula is C16H17ClN2O2. The van der Waals surface area contributed by atoms with Gasteiger partial charge in [-0.15, -0.1) is 0 Å². The van der Waals surface area contributed by atoms with Crippen LogP contribution in [0.3, 0.4) is 0 Å². The van der Waals surface area contributed by atoms with Crippen LogP contribution < -0.4 is 10.1 Å². The molecule has 1 heterocycles. The van der Waals surface area contributed by atoms with Crippen LogP contribution >= 0.6 is 11.6 Å². The highest BCUT2D eigenvalue weighted by molar-refractivity contribution is 6.29. The molecule has 110 valence electrons. The predicted molar refractivity (Wildman–Crippen MR) is 83.0 cm³/mol. The lowest BCUT2D eigenvalue weighted by Crippen LogP contribution is -2.28. The third-order valence-corrected chi connectivity index (χ3v) is 3.02. The minimum atomic E-state index is -0.185. The quantitative estimate of drug-likeness (QED) is 0.682. The zero-order valence-corrected chi connectivity index (χ0v) is 12.8. The van der Waals surface area contributed by atoms with Gasteiger partial charge >= 0.3 is 0 Å². The standard InChI is InChI=1S/C16H17ClN2O2/c1-11-4-3-5-14(8-11)21-7-6-18-16(20)13-9-12(2)19-15(17)10-13/h3-5,8-10H,6-7H2,1-2H3,(H,18,20). The van der Waals surface area contributed by atoms with Gasteiger partial charge in [0.1, 0.15) is 17.5 Å². The number of aryl methyl sites for hydroxylation is 2. The SMILES string of the molecule is Cc1cccc(OCCNC(=O)c2cc(C)nc(Cl)c2)c1. The number of nitrogens with zero attached hydrogens (tertiary/aromatic N) is 1. The molecular weight excluding hydrogens is 288 g/mol. The van der Waals surface area contributed by atoms with Crippen LogP contribution in [0.4, 0.5) is 0 Å². The summed E-state index contributed by atoms with van der Waals surface area (Å²) in [4.78, 5) is 16.0. The summed E-state index contributed by atoms with van der Waals surface area (Å²) in [5, 5.41) is 3.10. The van der Waals surface area contributed by atoms with Crippen LogP contribution in [0.15, 0.2) is 36.4 Å². The van der Waals surface area contributed by atoms with Gasteiger partial charge in [-0.2, -0.15) is 0 Å². The van der Waals surface area contributed by atoms with Gasteiger partial charge in [0, 0.05) is 11.3 Å². The zero-order valence-electron chi connectivity index (χ0n) is 12.0. The summed E-state index contributed by atoms with van der Waals surface area (Å²) in [6.07, 6.45) is 0. The molecule has 2 aromatic rings. The van der Waals surface area contributed by atoms with E-state index in [2.05, 4.69) is 10.3 Å². The molecule has 1 aromatic carbocycles. The second-order valence-electron chi connectivity index (χ2n) is 4.74. The lowest BCUT2D eigenvalue weighted by Gasteiger charge is -2.08. The molecule has 0 atom stereocenters. The molecule has 0 spiro atoms. The fourth-order valence-corrected chi connectivity index (χ4v) is 2.15. The van der Waals surface area contributed by atoms with Crippen molar-refractivity contribution in [2.45, 2.75) is 13.8 Å². The Morgan fingerprint density at radius 3 is 2.81 bits per heavy atom. The Kier molecular flexibility index (Phi) is 5.17. The lowest BCUT2D eigenvalue weighted by molar-refractivity contribution is 0.0947. The van der Waals surface area contributed by atoms with E-state index in [1.807, 2.05) is 31.2 Å². The third kappa shape index (κ3) is 4.76. The van der Waals surface area contributed by atoms with Crippen molar-refractivity contribution in [3.05, 3.63) is 58.4 Å². The highest BCUT2D eigenvalue weighted by Gasteiger charge is 2.07. The molecule has 0 aliphatic heterocycles. The van der Waals surface area contributed by atoms with E-state index in [-0.39, 0.29) is 5.91 Å². The molecule has 0 saturated heterocycles. The van der Waals surface area contributed by atoms with Crippen LogP contribution in [-0.4, -0.2) is 24.0 Å². The van der Waals surface area contributed by atoms with Gasteiger partial charge in [-0.05, 0) is 43.7 Å². The van der Waals surface area contributed by atoms with Gasteiger partial charge in [-0.3, -0.25) is 4.79 Å². The number of rotatable bonds is 5. The molecule has 0 saturated carbocycles. The summed E-state index contributed by atoms with van der Waals surface area (Å²) < 4.78 is 5.57. The Morgan fingerprint density at radius 2 is 2.10 bits per heavy atom. The van der Waals surface area contributed by atoms with Gasteiger partial charge < -0.3 is 10.1 Å². The van der Waals surface area contributed by atoms with Crippen LogP contribution in [0.1, 0.15) is 21.6 Å². The molecule has 2 rings (SSSR count). The first-order valence-electron chi connectivity index (χ1n) is 6.66. The van der Waals surface area contributed by atoms with Crippen molar-refractivity contribution in [2.24, 2.45) is 0 Å². The maximum absolute atomic E-state index is 12.0. The van der Waals surface area contributed by atoms with Crippen molar-refractivity contribution in [1.82, 2.24) is 10.3 Å². The number of halogens is 1. The van der Waals surface area contributed by atoms with Gasteiger partial charge in [0.25, 0.3) is 5.91 Å². The van der Waals surface area contributed by atoms with Crippen molar-refractivity contribution in [3.63, 3.8) is 0 Å². The molecule has 21 heavy (non-hydrogen) atoms. The van der Waals surface area contributed by atoms with E-state index in [1.54, 1.807) is 19.1 Å². The molecule has 4 nitrogen and oxygen atoms in total. The number of nitrogens with one attached hydrogen (secondary N) is 1. The molecule has 0 bridgehead atoms. The van der Waals surface area contributed by atoms with Crippen LogP contribution in [-0.2, 0) is 0 Å². The number of pyridine rings is 1.